The van der Waals surface area contributed by atoms with Gasteiger partial charge in [-0.1, -0.05) is 17.7 Å². The van der Waals surface area contributed by atoms with E-state index >= 15 is 0 Å². The van der Waals surface area contributed by atoms with Crippen molar-refractivity contribution in [1.82, 2.24) is 24.4 Å². The second-order valence-electron chi connectivity index (χ2n) is 7.35. The number of halogens is 1. The Kier molecular flexibility index (Phi) is 3.71. The first-order chi connectivity index (χ1) is 13.4. The van der Waals surface area contributed by atoms with E-state index in [1.165, 1.54) is 16.3 Å². The molecule has 142 valence electrons. The minimum Gasteiger partial charge on any atom is -0.337 e. The highest BCUT2D eigenvalue weighted by molar-refractivity contribution is 6.30. The first-order valence-electron chi connectivity index (χ1n) is 9.16. The van der Waals surface area contributed by atoms with Crippen molar-refractivity contribution in [3.8, 4) is 0 Å². The number of carbonyl (C=O) groups is 2. The third kappa shape index (κ3) is 2.43. The van der Waals surface area contributed by atoms with Crippen molar-refractivity contribution in [2.24, 2.45) is 0 Å². The summed E-state index contributed by atoms with van der Waals surface area (Å²) in [7, 11) is 1.82. The van der Waals surface area contributed by atoms with Crippen molar-refractivity contribution in [2.75, 3.05) is 13.6 Å². The Hall–Kier alpha value is -2.93. The fourth-order valence-electron chi connectivity index (χ4n) is 4.27. The van der Waals surface area contributed by atoms with Gasteiger partial charge in [0.05, 0.1) is 17.3 Å². The third-order valence-electron chi connectivity index (χ3n) is 5.72. The quantitative estimate of drug-likeness (QED) is 0.635. The molecule has 2 amide bonds. The molecular formula is C20H18ClN5O2. The van der Waals surface area contributed by atoms with Gasteiger partial charge in [-0.2, -0.15) is 5.10 Å². The topological polar surface area (TPSA) is 70.8 Å². The molecule has 4 heterocycles. The minimum atomic E-state index is -0.131. The maximum absolute atomic E-state index is 13.1. The number of rotatable bonds is 1. The Morgan fingerprint density at radius 3 is 2.93 bits per heavy atom. The van der Waals surface area contributed by atoms with Crippen LogP contribution in [0, 0.1) is 0 Å². The number of carbonyl (C=O) groups excluding carboxylic acids is 2. The van der Waals surface area contributed by atoms with Crippen LogP contribution in [-0.4, -0.2) is 49.8 Å². The maximum atomic E-state index is 13.1. The van der Waals surface area contributed by atoms with Gasteiger partial charge in [0.15, 0.2) is 11.3 Å². The van der Waals surface area contributed by atoms with Crippen LogP contribution in [0.15, 0.2) is 30.6 Å². The van der Waals surface area contributed by atoms with E-state index in [-0.39, 0.29) is 17.9 Å². The van der Waals surface area contributed by atoms with Gasteiger partial charge in [-0.15, -0.1) is 0 Å². The largest absolute Gasteiger partial charge is 0.337 e. The fraction of sp³-hybridized carbons (Fsp3) is 0.300. The highest BCUT2D eigenvalue weighted by Gasteiger charge is 2.35. The zero-order chi connectivity index (χ0) is 19.6. The summed E-state index contributed by atoms with van der Waals surface area (Å²) in [6.07, 6.45) is 3.89. The molecule has 0 aliphatic carbocycles. The number of amides is 2. The summed E-state index contributed by atoms with van der Waals surface area (Å²) in [5, 5.41) is 4.81. The lowest BCUT2D eigenvalue weighted by Gasteiger charge is -2.35. The second-order valence-corrected chi connectivity index (χ2v) is 7.79. The van der Waals surface area contributed by atoms with Gasteiger partial charge in [-0.25, -0.2) is 9.50 Å². The van der Waals surface area contributed by atoms with E-state index in [0.29, 0.717) is 29.5 Å². The molecule has 0 saturated carbocycles. The SMILES string of the molecule is CC1c2ccc3c(c2CCN1C(=O)c1cc2ncc(Cl)cn2n1)CN(C)C3=O. The predicted octanol–water partition coefficient (Wildman–Crippen LogP) is 2.73. The minimum absolute atomic E-state index is 0.0693. The Morgan fingerprint density at radius 1 is 1.29 bits per heavy atom. The van der Waals surface area contributed by atoms with Crippen molar-refractivity contribution >= 4 is 29.1 Å². The van der Waals surface area contributed by atoms with Gasteiger partial charge in [-0.3, -0.25) is 9.59 Å². The average molecular weight is 396 g/mol. The second kappa shape index (κ2) is 6.04. The first kappa shape index (κ1) is 17.2. The fourth-order valence-corrected chi connectivity index (χ4v) is 4.41. The van der Waals surface area contributed by atoms with Gasteiger partial charge < -0.3 is 9.80 Å². The van der Waals surface area contributed by atoms with Crippen LogP contribution in [0.25, 0.3) is 5.65 Å². The van der Waals surface area contributed by atoms with Crippen molar-refractivity contribution in [2.45, 2.75) is 25.9 Å². The molecule has 3 aromatic rings. The van der Waals surface area contributed by atoms with E-state index in [4.69, 9.17) is 11.6 Å². The Balaban J connectivity index is 1.49. The van der Waals surface area contributed by atoms with E-state index < -0.39 is 0 Å². The monoisotopic (exact) mass is 395 g/mol. The summed E-state index contributed by atoms with van der Waals surface area (Å²) in [6, 6.07) is 5.46. The molecule has 2 aliphatic heterocycles. The van der Waals surface area contributed by atoms with Crippen molar-refractivity contribution < 1.29 is 9.59 Å². The van der Waals surface area contributed by atoms with Crippen LogP contribution in [0.3, 0.4) is 0 Å². The van der Waals surface area contributed by atoms with E-state index in [1.807, 2.05) is 31.0 Å². The van der Waals surface area contributed by atoms with Crippen LogP contribution in [0.5, 0.6) is 0 Å². The normalized spacial score (nSPS) is 18.5. The average Bonchev–Trinajstić information content (AvgIpc) is 3.22. The van der Waals surface area contributed by atoms with Crippen molar-refractivity contribution in [1.29, 1.82) is 0 Å². The molecule has 0 N–H and O–H groups in total. The Labute approximate surface area is 166 Å². The van der Waals surface area contributed by atoms with Gasteiger partial charge in [0, 0.05) is 38.0 Å². The molecule has 0 fully saturated rings. The van der Waals surface area contributed by atoms with E-state index in [0.717, 1.165) is 23.1 Å². The molecule has 7 nitrogen and oxygen atoms in total. The summed E-state index contributed by atoms with van der Waals surface area (Å²) >= 11 is 5.96. The molecule has 1 atom stereocenters. The van der Waals surface area contributed by atoms with E-state index in [9.17, 15) is 9.59 Å². The number of aromatic nitrogens is 3. The van der Waals surface area contributed by atoms with Crippen LogP contribution >= 0.6 is 11.6 Å². The van der Waals surface area contributed by atoms with Crippen molar-refractivity contribution in [3.63, 3.8) is 0 Å². The Morgan fingerprint density at radius 2 is 2.11 bits per heavy atom. The summed E-state index contributed by atoms with van der Waals surface area (Å²) in [6.45, 7) is 3.24. The van der Waals surface area contributed by atoms with Crippen LogP contribution in [-0.2, 0) is 13.0 Å². The first-order valence-corrected chi connectivity index (χ1v) is 9.54. The lowest BCUT2D eigenvalue weighted by Crippen LogP contribution is -2.39. The molecule has 1 unspecified atom stereocenters. The number of fused-ring (bicyclic) bond motifs is 4. The van der Waals surface area contributed by atoms with Gasteiger partial charge in [0.2, 0.25) is 0 Å². The van der Waals surface area contributed by atoms with Crippen LogP contribution < -0.4 is 0 Å². The standard InChI is InChI=1S/C20H18ClN5O2/c1-11-13-3-4-15-16(10-24(2)19(15)27)14(13)5-6-25(11)20(28)17-7-18-22-8-12(21)9-26(18)23-17/h3-4,7-9,11H,5-6,10H2,1-2H3. The number of hydrogen-bond donors (Lipinski definition) is 0. The molecule has 1 aromatic carbocycles. The molecule has 8 heteroatoms. The smallest absolute Gasteiger partial charge is 0.274 e. The van der Waals surface area contributed by atoms with Gasteiger partial charge in [-0.05, 0) is 36.1 Å². The zero-order valence-corrected chi connectivity index (χ0v) is 16.3. The Bertz CT molecular complexity index is 1150. The number of hydrogen-bond acceptors (Lipinski definition) is 4. The third-order valence-corrected chi connectivity index (χ3v) is 5.92. The lowest BCUT2D eigenvalue weighted by atomic mass is 9.88. The predicted molar refractivity (Wildman–Crippen MR) is 103 cm³/mol. The summed E-state index contributed by atoms with van der Waals surface area (Å²) < 4.78 is 1.52. The molecule has 2 aromatic heterocycles. The zero-order valence-electron chi connectivity index (χ0n) is 15.5. The molecule has 28 heavy (non-hydrogen) atoms. The molecule has 2 aliphatic rings. The summed E-state index contributed by atoms with van der Waals surface area (Å²) in [5.41, 5.74) is 5.13. The molecule has 0 radical (unpaired) electrons. The molecule has 0 bridgehead atoms. The van der Waals surface area contributed by atoms with Gasteiger partial charge in [0.25, 0.3) is 11.8 Å². The van der Waals surface area contributed by atoms with E-state index in [2.05, 4.69) is 10.1 Å². The van der Waals surface area contributed by atoms with Gasteiger partial charge in [0.1, 0.15) is 0 Å². The number of nitrogens with zero attached hydrogens (tertiary/aromatic N) is 5. The molecule has 5 rings (SSSR count). The summed E-state index contributed by atoms with van der Waals surface area (Å²) in [5.74, 6) is -0.0618. The molecule has 0 saturated heterocycles. The highest BCUT2D eigenvalue weighted by atomic mass is 35.5. The molecular weight excluding hydrogens is 378 g/mol. The van der Waals surface area contributed by atoms with Crippen LogP contribution in [0.1, 0.15) is 50.5 Å². The highest BCUT2D eigenvalue weighted by Crippen LogP contribution is 2.36. The lowest BCUT2D eigenvalue weighted by molar-refractivity contribution is 0.0670. The molecule has 0 spiro atoms. The summed E-state index contributed by atoms with van der Waals surface area (Å²) in [4.78, 5) is 33.2. The number of benzene rings is 1. The van der Waals surface area contributed by atoms with Gasteiger partial charge >= 0.3 is 0 Å². The van der Waals surface area contributed by atoms with Crippen LogP contribution in [0.2, 0.25) is 5.02 Å². The van der Waals surface area contributed by atoms with Crippen LogP contribution in [0.4, 0.5) is 0 Å². The maximum Gasteiger partial charge on any atom is 0.274 e. The van der Waals surface area contributed by atoms with E-state index in [1.54, 1.807) is 17.2 Å². The van der Waals surface area contributed by atoms with Crippen molar-refractivity contribution in [3.05, 3.63) is 63.6 Å².